The maximum absolute atomic E-state index is 15.4. The fraction of sp³-hybridized carbons (Fsp3) is 0.450. The summed E-state index contributed by atoms with van der Waals surface area (Å²) in [6.07, 6.45) is 6.78. The molecule has 3 aromatic rings. The molecule has 2 aromatic carbocycles. The van der Waals surface area contributed by atoms with Crippen molar-refractivity contribution in [3.8, 4) is 5.75 Å². The summed E-state index contributed by atoms with van der Waals surface area (Å²) in [4.78, 5) is 47.2. The van der Waals surface area contributed by atoms with E-state index in [4.69, 9.17) is 9.47 Å². The highest BCUT2D eigenvalue weighted by Gasteiger charge is 2.42. The molecule has 2 bridgehead atoms. The van der Waals surface area contributed by atoms with Crippen molar-refractivity contribution in [2.24, 2.45) is 0 Å². The Bertz CT molecular complexity index is 1840. The Labute approximate surface area is 303 Å². The zero-order valence-electron chi connectivity index (χ0n) is 30.6. The van der Waals surface area contributed by atoms with Gasteiger partial charge in [0.05, 0.1) is 18.7 Å². The lowest BCUT2D eigenvalue weighted by atomic mass is 9.96. The molecule has 10 nitrogen and oxygen atoms in total. The van der Waals surface area contributed by atoms with E-state index in [1.54, 1.807) is 51.0 Å². The number of hydrogen-bond acceptors (Lipinski definition) is 7. The summed E-state index contributed by atoms with van der Waals surface area (Å²) in [5, 5.41) is 5.94. The summed E-state index contributed by atoms with van der Waals surface area (Å²) in [5.74, 6) is -0.699. The predicted molar refractivity (Wildman–Crippen MR) is 194 cm³/mol. The van der Waals surface area contributed by atoms with Crippen molar-refractivity contribution in [3.63, 3.8) is 0 Å². The first kappa shape index (κ1) is 36.8. The first-order chi connectivity index (χ1) is 24.7. The number of piperidine rings is 1. The highest BCUT2D eigenvalue weighted by molar-refractivity contribution is 5.96. The van der Waals surface area contributed by atoms with E-state index >= 15 is 8.78 Å². The number of nitrogens with zero attached hydrogens (tertiary/aromatic N) is 3. The van der Waals surface area contributed by atoms with Gasteiger partial charge < -0.3 is 29.9 Å². The van der Waals surface area contributed by atoms with Gasteiger partial charge in [-0.2, -0.15) is 0 Å². The molecule has 0 spiro atoms. The van der Waals surface area contributed by atoms with Gasteiger partial charge in [-0.05, 0) is 114 Å². The van der Waals surface area contributed by atoms with Crippen LogP contribution in [0.1, 0.15) is 103 Å². The van der Waals surface area contributed by atoms with Crippen molar-refractivity contribution >= 4 is 29.3 Å². The quantitative estimate of drug-likeness (QED) is 0.255. The monoisotopic (exact) mass is 715 g/mol. The summed E-state index contributed by atoms with van der Waals surface area (Å²) in [6.45, 7) is 9.45. The molecule has 276 valence electrons. The van der Waals surface area contributed by atoms with Crippen molar-refractivity contribution in [1.29, 1.82) is 0 Å². The molecule has 0 aliphatic carbocycles. The Balaban J connectivity index is 1.05. The van der Waals surface area contributed by atoms with Crippen LogP contribution in [-0.2, 0) is 4.74 Å². The third kappa shape index (κ3) is 7.90. The van der Waals surface area contributed by atoms with Crippen LogP contribution in [-0.4, -0.2) is 71.7 Å². The van der Waals surface area contributed by atoms with E-state index in [-0.39, 0.29) is 41.7 Å². The second-order valence-electron chi connectivity index (χ2n) is 14.9. The molecule has 3 aliphatic rings. The maximum atomic E-state index is 15.4. The van der Waals surface area contributed by atoms with Crippen molar-refractivity contribution in [1.82, 2.24) is 20.5 Å². The lowest BCUT2D eigenvalue weighted by Crippen LogP contribution is -2.50. The van der Waals surface area contributed by atoms with E-state index in [2.05, 4.69) is 20.5 Å². The van der Waals surface area contributed by atoms with Crippen LogP contribution >= 0.6 is 0 Å². The molecule has 2 fully saturated rings. The molecule has 12 heteroatoms. The Morgan fingerprint density at radius 3 is 2.27 bits per heavy atom. The van der Waals surface area contributed by atoms with Crippen molar-refractivity contribution in [2.45, 2.75) is 96.5 Å². The molecule has 4 atom stereocenters. The second kappa shape index (κ2) is 14.9. The minimum atomic E-state index is -0.949. The van der Waals surface area contributed by atoms with Gasteiger partial charge in [-0.15, -0.1) is 0 Å². The normalized spacial score (nSPS) is 20.5. The molecule has 3 aliphatic heterocycles. The molecule has 1 aromatic heterocycles. The standard InChI is InChI=1S/C40H47F2N5O5/c1-23-31(8-7-9-34(23)51-6)38(49)45-28-20-29-11-12-30(21-28)47(29)35-13-10-26(22-43-35)37(48)44-24(2)36-32(41)18-27(19-33(36)42)25-14-16-46(17-15-25)39(50)52-40(3,4)5/h7-10,13-14,18-19,22,24,28-30H,11-12,15-17,20-21H2,1-6H3,(H,44,48)(H,45,49)/t24?,28-,29+,30-. The Hall–Kier alpha value is -5.00. The van der Waals surface area contributed by atoms with Crippen molar-refractivity contribution in [2.75, 3.05) is 25.1 Å². The number of rotatable bonds is 8. The Kier molecular flexibility index (Phi) is 10.6. The van der Waals surface area contributed by atoms with Crippen LogP contribution in [0.2, 0.25) is 0 Å². The van der Waals surface area contributed by atoms with Crippen molar-refractivity contribution < 1.29 is 32.6 Å². The fourth-order valence-corrected chi connectivity index (χ4v) is 7.65. The van der Waals surface area contributed by atoms with E-state index in [1.165, 1.54) is 25.3 Å². The van der Waals surface area contributed by atoms with Crippen molar-refractivity contribution in [3.05, 3.63) is 94.2 Å². The van der Waals surface area contributed by atoms with Gasteiger partial charge in [-0.1, -0.05) is 12.1 Å². The average molecular weight is 716 g/mol. The molecule has 6 rings (SSSR count). The topological polar surface area (TPSA) is 113 Å². The summed E-state index contributed by atoms with van der Waals surface area (Å²) >= 11 is 0. The highest BCUT2D eigenvalue weighted by Crippen LogP contribution is 2.39. The summed E-state index contributed by atoms with van der Waals surface area (Å²) < 4.78 is 41.6. The number of carbonyl (C=O) groups is 3. The summed E-state index contributed by atoms with van der Waals surface area (Å²) in [6, 6.07) is 11.0. The van der Waals surface area contributed by atoms with Gasteiger partial charge in [0.2, 0.25) is 0 Å². The number of methoxy groups -OCH3 is 1. The number of amides is 3. The lowest BCUT2D eigenvalue weighted by Gasteiger charge is -2.40. The number of hydrogen-bond donors (Lipinski definition) is 2. The predicted octanol–water partition coefficient (Wildman–Crippen LogP) is 7.12. The first-order valence-corrected chi connectivity index (χ1v) is 17.9. The minimum Gasteiger partial charge on any atom is -0.496 e. The van der Waals surface area contributed by atoms with Gasteiger partial charge in [0, 0.05) is 54.1 Å². The van der Waals surface area contributed by atoms with Gasteiger partial charge in [-0.25, -0.2) is 18.6 Å². The zero-order chi connectivity index (χ0) is 37.3. The number of anilines is 1. The number of carbonyl (C=O) groups excluding carboxylic acids is 3. The first-order valence-electron chi connectivity index (χ1n) is 17.9. The molecule has 52 heavy (non-hydrogen) atoms. The van der Waals surface area contributed by atoms with Crippen LogP contribution < -0.4 is 20.3 Å². The number of aromatic nitrogens is 1. The van der Waals surface area contributed by atoms with E-state index in [9.17, 15) is 14.4 Å². The lowest BCUT2D eigenvalue weighted by molar-refractivity contribution is 0.0270. The number of fused-ring (bicyclic) bond motifs is 2. The zero-order valence-corrected chi connectivity index (χ0v) is 30.6. The molecule has 2 N–H and O–H groups in total. The van der Waals surface area contributed by atoms with Crippen LogP contribution in [0.5, 0.6) is 5.75 Å². The van der Waals surface area contributed by atoms with Gasteiger partial charge >= 0.3 is 6.09 Å². The number of nitrogens with one attached hydrogen (secondary N) is 2. The van der Waals surface area contributed by atoms with E-state index < -0.39 is 35.3 Å². The SMILES string of the molecule is COc1cccc(C(=O)N[C@H]2C[C@H]3CC[C@@H](C2)N3c2ccc(C(=O)NC(C)c3c(F)cc(C4=CCN(C(=O)OC(C)(C)C)CC4)cc3F)cn2)c1C. The highest BCUT2D eigenvalue weighted by atomic mass is 19.1. The van der Waals surface area contributed by atoms with Gasteiger partial charge in [0.1, 0.15) is 28.8 Å². The Morgan fingerprint density at radius 1 is 1.00 bits per heavy atom. The van der Waals surface area contributed by atoms with Crippen LogP contribution in [0, 0.1) is 18.6 Å². The molecule has 1 unspecified atom stereocenters. The van der Waals surface area contributed by atoms with Crippen LogP contribution in [0.4, 0.5) is 19.4 Å². The maximum Gasteiger partial charge on any atom is 0.410 e. The second-order valence-corrected chi connectivity index (χ2v) is 14.9. The largest absolute Gasteiger partial charge is 0.496 e. The molecule has 0 radical (unpaired) electrons. The van der Waals surface area contributed by atoms with Gasteiger partial charge in [0.25, 0.3) is 11.8 Å². The van der Waals surface area contributed by atoms with Crippen LogP contribution in [0.15, 0.2) is 54.7 Å². The molecule has 4 heterocycles. The number of halogens is 2. The van der Waals surface area contributed by atoms with E-state index in [0.29, 0.717) is 29.8 Å². The average Bonchev–Trinajstić information content (AvgIpc) is 3.36. The number of ether oxygens (including phenoxy) is 2. The van der Waals surface area contributed by atoms with Gasteiger partial charge in [-0.3, -0.25) is 9.59 Å². The molecular formula is C40H47F2N5O5. The third-order valence-electron chi connectivity index (χ3n) is 10.2. The molecule has 0 saturated carbocycles. The minimum absolute atomic E-state index is 0.0298. The summed E-state index contributed by atoms with van der Waals surface area (Å²) in [5.41, 5.74) is 1.97. The molecule has 2 saturated heterocycles. The smallest absolute Gasteiger partial charge is 0.410 e. The summed E-state index contributed by atoms with van der Waals surface area (Å²) in [7, 11) is 1.59. The number of pyridine rings is 1. The van der Waals surface area contributed by atoms with Gasteiger partial charge in [0.15, 0.2) is 0 Å². The fourth-order valence-electron chi connectivity index (χ4n) is 7.65. The third-order valence-corrected chi connectivity index (χ3v) is 10.2. The molecular weight excluding hydrogens is 668 g/mol. The Morgan fingerprint density at radius 2 is 1.69 bits per heavy atom. The van der Waals surface area contributed by atoms with Crippen LogP contribution in [0.25, 0.3) is 5.57 Å². The molecule has 3 amide bonds. The number of benzene rings is 2. The van der Waals surface area contributed by atoms with E-state index in [1.807, 2.05) is 25.1 Å². The van der Waals surface area contributed by atoms with Crippen LogP contribution in [0.3, 0.4) is 0 Å². The van der Waals surface area contributed by atoms with E-state index in [0.717, 1.165) is 42.6 Å².